The minimum absolute atomic E-state index is 0.535. The van der Waals surface area contributed by atoms with Crippen molar-refractivity contribution in [3.05, 3.63) is 58.6 Å². The summed E-state index contributed by atoms with van der Waals surface area (Å²) in [4.78, 5) is 7.97. The molecule has 2 heterocycles. The minimum Gasteiger partial charge on any atom is -0.388 e. The highest BCUT2D eigenvalue weighted by atomic mass is 79.9. The molecule has 0 bridgehead atoms. The lowest BCUT2D eigenvalue weighted by molar-refractivity contribution is 0.178. The minimum atomic E-state index is -0.535. The molecule has 2 aromatic rings. The summed E-state index contributed by atoms with van der Waals surface area (Å²) < 4.78 is 0.874. The molecule has 82 valence electrons. The first-order valence-corrected chi connectivity index (χ1v) is 5.72. The van der Waals surface area contributed by atoms with Gasteiger partial charge in [-0.25, -0.2) is 0 Å². The van der Waals surface area contributed by atoms with Crippen LogP contribution < -0.4 is 0 Å². The molecule has 1 atom stereocenters. The Kier molecular flexibility index (Phi) is 3.64. The van der Waals surface area contributed by atoms with Gasteiger partial charge in [0.05, 0.1) is 6.10 Å². The standard InChI is InChI=1S/C12H11BrN2O/c13-11-6-10(7-15-8-11)12(16)5-9-1-3-14-4-2-9/h1-4,6-8,12,16H,5H2. The van der Waals surface area contributed by atoms with E-state index in [1.54, 1.807) is 24.8 Å². The third-order valence-corrected chi connectivity index (χ3v) is 2.72. The van der Waals surface area contributed by atoms with Gasteiger partial charge in [0.2, 0.25) is 0 Å². The maximum Gasteiger partial charge on any atom is 0.0845 e. The van der Waals surface area contributed by atoms with Crippen molar-refractivity contribution in [3.63, 3.8) is 0 Å². The molecule has 0 aliphatic carbocycles. The Morgan fingerprint density at radius 1 is 1.19 bits per heavy atom. The summed E-state index contributed by atoms with van der Waals surface area (Å²) >= 11 is 3.33. The Morgan fingerprint density at radius 2 is 1.94 bits per heavy atom. The van der Waals surface area contributed by atoms with Crippen LogP contribution in [0.5, 0.6) is 0 Å². The quantitative estimate of drug-likeness (QED) is 0.939. The van der Waals surface area contributed by atoms with E-state index in [9.17, 15) is 5.11 Å². The van der Waals surface area contributed by atoms with E-state index in [2.05, 4.69) is 25.9 Å². The predicted octanol–water partition coefficient (Wildman–Crippen LogP) is 2.52. The van der Waals surface area contributed by atoms with Crippen LogP contribution in [0.3, 0.4) is 0 Å². The maximum atomic E-state index is 10.0. The average Bonchev–Trinajstić information content (AvgIpc) is 2.30. The molecule has 0 amide bonds. The summed E-state index contributed by atoms with van der Waals surface area (Å²) in [5, 5.41) is 10.0. The van der Waals surface area contributed by atoms with Crippen LogP contribution in [0.1, 0.15) is 17.2 Å². The smallest absolute Gasteiger partial charge is 0.0845 e. The molecule has 0 aliphatic rings. The zero-order valence-corrected chi connectivity index (χ0v) is 10.1. The van der Waals surface area contributed by atoms with E-state index in [1.165, 1.54) is 0 Å². The lowest BCUT2D eigenvalue weighted by Crippen LogP contribution is -2.02. The SMILES string of the molecule is OC(Cc1ccncc1)c1cncc(Br)c1. The van der Waals surface area contributed by atoms with Gasteiger partial charge in [0.15, 0.2) is 0 Å². The molecule has 2 aromatic heterocycles. The number of nitrogens with zero attached hydrogens (tertiary/aromatic N) is 2. The normalized spacial score (nSPS) is 12.4. The van der Waals surface area contributed by atoms with Gasteiger partial charge in [-0.05, 0) is 39.7 Å². The summed E-state index contributed by atoms with van der Waals surface area (Å²) in [7, 11) is 0. The van der Waals surface area contributed by atoms with Crippen LogP contribution in [-0.4, -0.2) is 15.1 Å². The summed E-state index contributed by atoms with van der Waals surface area (Å²) in [6.45, 7) is 0. The number of aromatic nitrogens is 2. The molecule has 0 saturated heterocycles. The molecule has 3 nitrogen and oxygen atoms in total. The van der Waals surface area contributed by atoms with E-state index < -0.39 is 6.10 Å². The molecule has 2 rings (SSSR count). The van der Waals surface area contributed by atoms with Crippen molar-refractivity contribution in [2.24, 2.45) is 0 Å². The van der Waals surface area contributed by atoms with Crippen molar-refractivity contribution in [1.29, 1.82) is 0 Å². The van der Waals surface area contributed by atoms with Gasteiger partial charge in [-0.1, -0.05) is 0 Å². The van der Waals surface area contributed by atoms with Gasteiger partial charge < -0.3 is 5.11 Å². The largest absolute Gasteiger partial charge is 0.388 e. The van der Waals surface area contributed by atoms with Gasteiger partial charge in [-0.3, -0.25) is 9.97 Å². The van der Waals surface area contributed by atoms with Crippen LogP contribution in [0.4, 0.5) is 0 Å². The fourth-order valence-corrected chi connectivity index (χ4v) is 1.85. The molecule has 0 saturated carbocycles. The summed E-state index contributed by atoms with van der Waals surface area (Å²) in [6.07, 6.45) is 6.86. The first kappa shape index (κ1) is 11.2. The zero-order valence-electron chi connectivity index (χ0n) is 8.55. The number of aliphatic hydroxyl groups is 1. The predicted molar refractivity (Wildman–Crippen MR) is 64.8 cm³/mol. The highest BCUT2D eigenvalue weighted by molar-refractivity contribution is 9.10. The molecular weight excluding hydrogens is 268 g/mol. The van der Waals surface area contributed by atoms with E-state index in [1.807, 2.05) is 18.2 Å². The number of hydrogen-bond acceptors (Lipinski definition) is 3. The lowest BCUT2D eigenvalue weighted by Gasteiger charge is -2.10. The van der Waals surface area contributed by atoms with Gasteiger partial charge in [0.25, 0.3) is 0 Å². The van der Waals surface area contributed by atoms with Crippen LogP contribution in [0.15, 0.2) is 47.5 Å². The molecule has 1 N–H and O–H groups in total. The molecule has 0 radical (unpaired) electrons. The summed E-state index contributed by atoms with van der Waals surface area (Å²) in [5.41, 5.74) is 1.87. The van der Waals surface area contributed by atoms with E-state index in [4.69, 9.17) is 0 Å². The third kappa shape index (κ3) is 2.87. The van der Waals surface area contributed by atoms with Crippen LogP contribution in [0.25, 0.3) is 0 Å². The van der Waals surface area contributed by atoms with Crippen LogP contribution in [-0.2, 0) is 6.42 Å². The molecule has 0 aliphatic heterocycles. The van der Waals surface area contributed by atoms with Crippen molar-refractivity contribution in [2.75, 3.05) is 0 Å². The summed E-state index contributed by atoms with van der Waals surface area (Å²) in [5.74, 6) is 0. The highest BCUT2D eigenvalue weighted by Gasteiger charge is 2.09. The van der Waals surface area contributed by atoms with E-state index in [-0.39, 0.29) is 0 Å². The maximum absolute atomic E-state index is 10.0. The number of hydrogen-bond donors (Lipinski definition) is 1. The number of aliphatic hydroxyl groups excluding tert-OH is 1. The molecule has 16 heavy (non-hydrogen) atoms. The number of pyridine rings is 2. The van der Waals surface area contributed by atoms with Gasteiger partial charge in [-0.15, -0.1) is 0 Å². The average molecular weight is 279 g/mol. The monoisotopic (exact) mass is 278 g/mol. The molecule has 1 unspecified atom stereocenters. The Labute approximate surface area is 102 Å². The second-order valence-electron chi connectivity index (χ2n) is 3.51. The first-order valence-electron chi connectivity index (χ1n) is 4.93. The Bertz CT molecular complexity index is 462. The molecule has 0 aromatic carbocycles. The molecule has 0 spiro atoms. The topological polar surface area (TPSA) is 46.0 Å². The fraction of sp³-hybridized carbons (Fsp3) is 0.167. The lowest BCUT2D eigenvalue weighted by atomic mass is 10.0. The zero-order chi connectivity index (χ0) is 11.4. The van der Waals surface area contributed by atoms with Gasteiger partial charge in [-0.2, -0.15) is 0 Å². The van der Waals surface area contributed by atoms with E-state index in [0.717, 1.165) is 15.6 Å². The van der Waals surface area contributed by atoms with Gasteiger partial charge >= 0.3 is 0 Å². The Hall–Kier alpha value is -1.26. The number of rotatable bonds is 3. The van der Waals surface area contributed by atoms with Gasteiger partial charge in [0.1, 0.15) is 0 Å². The first-order chi connectivity index (χ1) is 7.75. The van der Waals surface area contributed by atoms with Crippen molar-refractivity contribution in [3.8, 4) is 0 Å². The van der Waals surface area contributed by atoms with Crippen molar-refractivity contribution in [2.45, 2.75) is 12.5 Å². The van der Waals surface area contributed by atoms with Crippen molar-refractivity contribution >= 4 is 15.9 Å². The van der Waals surface area contributed by atoms with Crippen molar-refractivity contribution in [1.82, 2.24) is 9.97 Å². The van der Waals surface area contributed by atoms with Crippen molar-refractivity contribution < 1.29 is 5.11 Å². The van der Waals surface area contributed by atoms with Crippen LogP contribution in [0.2, 0.25) is 0 Å². The Balaban J connectivity index is 2.12. The third-order valence-electron chi connectivity index (χ3n) is 2.29. The second-order valence-corrected chi connectivity index (χ2v) is 4.43. The summed E-state index contributed by atoms with van der Waals surface area (Å²) in [6, 6.07) is 5.67. The second kappa shape index (κ2) is 5.18. The highest BCUT2D eigenvalue weighted by Crippen LogP contribution is 2.20. The van der Waals surface area contributed by atoms with Crippen LogP contribution >= 0.6 is 15.9 Å². The Morgan fingerprint density at radius 3 is 2.62 bits per heavy atom. The molecule has 0 fully saturated rings. The van der Waals surface area contributed by atoms with Gasteiger partial charge in [0, 0.05) is 41.2 Å². The molecule has 4 heteroatoms. The number of halogens is 1. The fourth-order valence-electron chi connectivity index (χ4n) is 1.47. The van der Waals surface area contributed by atoms with E-state index >= 15 is 0 Å². The molecular formula is C12H11BrN2O. The van der Waals surface area contributed by atoms with E-state index in [0.29, 0.717) is 6.42 Å². The van der Waals surface area contributed by atoms with Crippen LogP contribution in [0, 0.1) is 0 Å².